The molecular formula is C12H28Br2OSi2. The lowest BCUT2D eigenvalue weighted by atomic mass is 10.4. The van der Waals surface area contributed by atoms with E-state index in [0.717, 1.165) is 0 Å². The first-order valence-corrected chi connectivity index (χ1v) is 14.7. The van der Waals surface area contributed by atoms with E-state index in [2.05, 4.69) is 71.9 Å². The van der Waals surface area contributed by atoms with E-state index in [4.69, 9.17) is 4.12 Å². The first-order chi connectivity index (χ1) is 7.62. The fourth-order valence-electron chi connectivity index (χ4n) is 2.19. The zero-order chi connectivity index (χ0) is 13.7. The van der Waals surface area contributed by atoms with E-state index < -0.39 is 16.6 Å². The van der Waals surface area contributed by atoms with Crippen molar-refractivity contribution in [2.24, 2.45) is 0 Å². The van der Waals surface area contributed by atoms with Gasteiger partial charge in [0.05, 0.1) is 0 Å². The van der Waals surface area contributed by atoms with Crippen molar-refractivity contribution in [2.45, 2.75) is 74.6 Å². The van der Waals surface area contributed by atoms with Crippen LogP contribution in [0.1, 0.15) is 26.7 Å². The van der Waals surface area contributed by atoms with Gasteiger partial charge in [-0.3, -0.25) is 0 Å². The molecule has 0 aromatic rings. The summed E-state index contributed by atoms with van der Waals surface area (Å²) in [6, 6.07) is 2.44. The Morgan fingerprint density at radius 2 is 1.12 bits per heavy atom. The lowest BCUT2D eigenvalue weighted by Gasteiger charge is -2.36. The first-order valence-electron chi connectivity index (χ1n) is 6.60. The van der Waals surface area contributed by atoms with E-state index >= 15 is 0 Å². The quantitative estimate of drug-likeness (QED) is 0.369. The number of hydrogen-bond acceptors (Lipinski definition) is 1. The average Bonchev–Trinajstić information content (AvgIpc) is 2.13. The Hall–Kier alpha value is 1.35. The lowest BCUT2D eigenvalue weighted by Crippen LogP contribution is -2.46. The largest absolute Gasteiger partial charge is 0.455 e. The molecule has 0 radical (unpaired) electrons. The first kappa shape index (κ1) is 18.4. The van der Waals surface area contributed by atoms with Gasteiger partial charge in [0.15, 0.2) is 16.6 Å². The Labute approximate surface area is 127 Å². The summed E-state index contributed by atoms with van der Waals surface area (Å²) in [5, 5.41) is 0. The third-order valence-corrected chi connectivity index (χ3v) is 13.4. The van der Waals surface area contributed by atoms with E-state index in [1.165, 1.54) is 24.9 Å². The zero-order valence-electron chi connectivity index (χ0n) is 12.1. The topological polar surface area (TPSA) is 9.23 Å². The SMILES string of the molecule is CCC(Br)C[Si](C)(C)O[Si](C)(C)CC(Br)CC. The van der Waals surface area contributed by atoms with Crippen LogP contribution in [0.25, 0.3) is 0 Å². The Kier molecular flexibility index (Phi) is 8.45. The highest BCUT2D eigenvalue weighted by Crippen LogP contribution is 2.28. The molecule has 0 aliphatic heterocycles. The molecular weight excluding hydrogens is 376 g/mol. The number of hydrogen-bond donors (Lipinski definition) is 0. The van der Waals surface area contributed by atoms with E-state index in [0.29, 0.717) is 9.65 Å². The van der Waals surface area contributed by atoms with Gasteiger partial charge in [-0.2, -0.15) is 0 Å². The summed E-state index contributed by atoms with van der Waals surface area (Å²) in [4.78, 5) is 1.25. The Bertz CT molecular complexity index is 201. The van der Waals surface area contributed by atoms with Crippen LogP contribution >= 0.6 is 31.9 Å². The van der Waals surface area contributed by atoms with Gasteiger partial charge in [-0.15, -0.1) is 0 Å². The molecule has 5 heteroatoms. The van der Waals surface area contributed by atoms with Crippen LogP contribution < -0.4 is 0 Å². The van der Waals surface area contributed by atoms with Crippen LogP contribution in [0.5, 0.6) is 0 Å². The van der Waals surface area contributed by atoms with Crippen molar-refractivity contribution in [2.75, 3.05) is 0 Å². The molecule has 0 aromatic carbocycles. The summed E-state index contributed by atoms with van der Waals surface area (Å²) in [5.41, 5.74) is 0. The van der Waals surface area contributed by atoms with Crippen molar-refractivity contribution < 1.29 is 4.12 Å². The van der Waals surface area contributed by atoms with E-state index in [1.807, 2.05) is 0 Å². The van der Waals surface area contributed by atoms with Gasteiger partial charge >= 0.3 is 0 Å². The maximum Gasteiger partial charge on any atom is 0.174 e. The number of alkyl halides is 2. The molecule has 0 saturated carbocycles. The summed E-state index contributed by atoms with van der Waals surface area (Å²) in [6.07, 6.45) is 2.38. The van der Waals surface area contributed by atoms with E-state index in [-0.39, 0.29) is 0 Å². The van der Waals surface area contributed by atoms with Crippen molar-refractivity contribution in [3.05, 3.63) is 0 Å². The molecule has 2 unspecified atom stereocenters. The predicted molar refractivity (Wildman–Crippen MR) is 91.7 cm³/mol. The lowest BCUT2D eigenvalue weighted by molar-refractivity contribution is 0.532. The van der Waals surface area contributed by atoms with Crippen LogP contribution in [0.3, 0.4) is 0 Å². The second kappa shape index (κ2) is 7.83. The van der Waals surface area contributed by atoms with E-state index in [9.17, 15) is 0 Å². The van der Waals surface area contributed by atoms with Crippen LogP contribution in [0.4, 0.5) is 0 Å². The molecule has 0 saturated heterocycles. The van der Waals surface area contributed by atoms with Gasteiger partial charge in [0, 0.05) is 9.65 Å². The monoisotopic (exact) mass is 402 g/mol. The van der Waals surface area contributed by atoms with Crippen LogP contribution in [0.15, 0.2) is 0 Å². The fraction of sp³-hybridized carbons (Fsp3) is 1.00. The van der Waals surface area contributed by atoms with Crippen LogP contribution in [-0.2, 0) is 4.12 Å². The predicted octanol–water partition coefficient (Wildman–Crippen LogP) is 5.76. The molecule has 0 N–H and O–H groups in total. The molecule has 0 bridgehead atoms. The van der Waals surface area contributed by atoms with Crippen LogP contribution in [-0.4, -0.2) is 26.3 Å². The standard InChI is InChI=1S/C12H28Br2OSi2/c1-7-11(13)9-16(3,4)15-17(5,6)10-12(14)8-2/h11-12H,7-10H2,1-6H3. The van der Waals surface area contributed by atoms with Crippen LogP contribution in [0, 0.1) is 0 Å². The second-order valence-electron chi connectivity index (χ2n) is 6.04. The summed E-state index contributed by atoms with van der Waals surface area (Å²) < 4.78 is 6.59. The molecule has 0 aromatic heterocycles. The molecule has 0 heterocycles. The van der Waals surface area contributed by atoms with Crippen molar-refractivity contribution in [1.29, 1.82) is 0 Å². The van der Waals surface area contributed by atoms with Gasteiger partial charge in [-0.25, -0.2) is 0 Å². The number of rotatable bonds is 8. The van der Waals surface area contributed by atoms with Crippen LogP contribution in [0.2, 0.25) is 38.3 Å². The minimum Gasteiger partial charge on any atom is -0.455 e. The molecule has 0 rings (SSSR count). The third kappa shape index (κ3) is 8.97. The maximum absolute atomic E-state index is 6.59. The normalized spacial score (nSPS) is 16.9. The molecule has 17 heavy (non-hydrogen) atoms. The summed E-state index contributed by atoms with van der Waals surface area (Å²) in [5.74, 6) is 0. The second-order valence-corrected chi connectivity index (χ2v) is 17.3. The van der Waals surface area contributed by atoms with Crippen molar-refractivity contribution >= 4 is 48.5 Å². The summed E-state index contributed by atoms with van der Waals surface area (Å²) in [6.45, 7) is 13.9. The van der Waals surface area contributed by atoms with Gasteiger partial charge in [0.2, 0.25) is 0 Å². The summed E-state index contributed by atoms with van der Waals surface area (Å²) >= 11 is 7.49. The van der Waals surface area contributed by atoms with Gasteiger partial charge in [-0.1, -0.05) is 45.7 Å². The van der Waals surface area contributed by atoms with Crippen molar-refractivity contribution in [3.63, 3.8) is 0 Å². The Balaban J connectivity index is 4.36. The highest BCUT2D eigenvalue weighted by atomic mass is 79.9. The molecule has 2 atom stereocenters. The summed E-state index contributed by atoms with van der Waals surface area (Å²) in [7, 11) is -3.02. The highest BCUT2D eigenvalue weighted by molar-refractivity contribution is 9.09. The molecule has 0 aliphatic carbocycles. The Morgan fingerprint density at radius 1 is 0.824 bits per heavy atom. The Morgan fingerprint density at radius 3 is 1.35 bits per heavy atom. The highest BCUT2D eigenvalue weighted by Gasteiger charge is 2.35. The van der Waals surface area contributed by atoms with E-state index in [1.54, 1.807) is 0 Å². The minimum absolute atomic E-state index is 0.625. The van der Waals surface area contributed by atoms with Crippen molar-refractivity contribution in [3.8, 4) is 0 Å². The van der Waals surface area contributed by atoms with Crippen molar-refractivity contribution in [1.82, 2.24) is 0 Å². The maximum atomic E-state index is 6.59. The average molecular weight is 404 g/mol. The van der Waals surface area contributed by atoms with Gasteiger partial charge < -0.3 is 4.12 Å². The third-order valence-electron chi connectivity index (χ3n) is 2.86. The smallest absolute Gasteiger partial charge is 0.174 e. The van der Waals surface area contributed by atoms with Gasteiger partial charge in [0.1, 0.15) is 0 Å². The van der Waals surface area contributed by atoms with Gasteiger partial charge in [0.25, 0.3) is 0 Å². The number of halogens is 2. The molecule has 0 spiro atoms. The molecule has 0 amide bonds. The fourth-order valence-corrected chi connectivity index (χ4v) is 16.2. The van der Waals surface area contributed by atoms with Gasteiger partial charge in [-0.05, 0) is 51.1 Å². The zero-order valence-corrected chi connectivity index (χ0v) is 17.3. The molecule has 1 nitrogen and oxygen atoms in total. The minimum atomic E-state index is -1.51. The molecule has 0 aliphatic rings. The molecule has 104 valence electrons. The molecule has 0 fully saturated rings.